The van der Waals surface area contributed by atoms with Crippen LogP contribution in [0.5, 0.6) is 0 Å². The van der Waals surface area contributed by atoms with E-state index in [0.29, 0.717) is 5.92 Å². The zero-order valence-electron chi connectivity index (χ0n) is 11.0. The maximum absolute atomic E-state index is 4.76. The monoisotopic (exact) mass is 239 g/mol. The fraction of sp³-hybridized carbons (Fsp3) is 0.353. The summed E-state index contributed by atoms with van der Waals surface area (Å²) in [4.78, 5) is 4.76. The van der Waals surface area contributed by atoms with E-state index in [1.54, 1.807) is 0 Å². The van der Waals surface area contributed by atoms with Crippen LogP contribution in [0.1, 0.15) is 37.7 Å². The van der Waals surface area contributed by atoms with Crippen molar-refractivity contribution in [3.8, 4) is 0 Å². The van der Waals surface area contributed by atoms with Crippen LogP contribution in [0.4, 0.5) is 0 Å². The van der Waals surface area contributed by atoms with Crippen LogP contribution in [0.2, 0.25) is 0 Å². The summed E-state index contributed by atoms with van der Waals surface area (Å²) in [5, 5.41) is 0. The molecular formula is C17H21N. The molecule has 0 N–H and O–H groups in total. The van der Waals surface area contributed by atoms with E-state index in [4.69, 9.17) is 4.99 Å². The maximum Gasteiger partial charge on any atom is 0.0461 e. The molecule has 1 unspecified atom stereocenters. The van der Waals surface area contributed by atoms with Gasteiger partial charge in [-0.2, -0.15) is 0 Å². The van der Waals surface area contributed by atoms with Crippen molar-refractivity contribution in [2.24, 2.45) is 4.99 Å². The molecule has 94 valence electrons. The highest BCUT2D eigenvalue weighted by molar-refractivity contribution is 6.02. The Kier molecular flexibility index (Phi) is 4.95. The van der Waals surface area contributed by atoms with Crippen LogP contribution < -0.4 is 0 Å². The van der Waals surface area contributed by atoms with Crippen LogP contribution in [-0.2, 0) is 0 Å². The van der Waals surface area contributed by atoms with Gasteiger partial charge in [0.2, 0.25) is 0 Å². The molecule has 1 aliphatic rings. The highest BCUT2D eigenvalue weighted by atomic mass is 14.7. The number of benzene rings is 1. The average Bonchev–Trinajstić information content (AvgIpc) is 2.45. The second-order valence-corrected chi connectivity index (χ2v) is 4.65. The normalized spacial score (nSPS) is 20.5. The van der Waals surface area contributed by atoms with Crippen molar-refractivity contribution >= 4 is 5.71 Å². The minimum Gasteiger partial charge on any atom is -0.289 e. The highest BCUT2D eigenvalue weighted by Gasteiger charge is 2.14. The Morgan fingerprint density at radius 1 is 1.06 bits per heavy atom. The molecule has 0 radical (unpaired) electrons. The summed E-state index contributed by atoms with van der Waals surface area (Å²) >= 11 is 0. The Hall–Kier alpha value is -1.63. The number of rotatable bonds is 5. The van der Waals surface area contributed by atoms with Crippen molar-refractivity contribution in [2.75, 3.05) is 6.54 Å². The number of hydrogen-bond acceptors (Lipinski definition) is 1. The van der Waals surface area contributed by atoms with Gasteiger partial charge in [-0.1, -0.05) is 68.3 Å². The third-order valence-electron chi connectivity index (χ3n) is 3.22. The summed E-state index contributed by atoms with van der Waals surface area (Å²) in [5.41, 5.74) is 2.52. The highest BCUT2D eigenvalue weighted by Crippen LogP contribution is 2.22. The van der Waals surface area contributed by atoms with Gasteiger partial charge in [-0.15, -0.1) is 0 Å². The summed E-state index contributed by atoms with van der Waals surface area (Å²) < 4.78 is 0. The first kappa shape index (κ1) is 12.8. The van der Waals surface area contributed by atoms with E-state index < -0.39 is 0 Å². The van der Waals surface area contributed by atoms with Gasteiger partial charge in [-0.25, -0.2) is 0 Å². The summed E-state index contributed by atoms with van der Waals surface area (Å²) in [7, 11) is 0. The first-order valence-corrected chi connectivity index (χ1v) is 6.86. The summed E-state index contributed by atoms with van der Waals surface area (Å²) in [6.07, 6.45) is 12.3. The third kappa shape index (κ3) is 3.43. The van der Waals surface area contributed by atoms with Crippen LogP contribution in [0.3, 0.4) is 0 Å². The molecule has 1 aromatic carbocycles. The van der Waals surface area contributed by atoms with Crippen LogP contribution >= 0.6 is 0 Å². The molecule has 18 heavy (non-hydrogen) atoms. The Morgan fingerprint density at radius 3 is 2.67 bits per heavy atom. The number of aliphatic imine (C=N–C) groups is 1. The van der Waals surface area contributed by atoms with E-state index in [1.807, 2.05) is 0 Å². The molecular weight excluding hydrogens is 218 g/mol. The first-order valence-electron chi connectivity index (χ1n) is 6.86. The fourth-order valence-corrected chi connectivity index (χ4v) is 2.19. The Labute approximate surface area is 110 Å². The van der Waals surface area contributed by atoms with Crippen molar-refractivity contribution in [1.29, 1.82) is 0 Å². The quantitative estimate of drug-likeness (QED) is 0.669. The predicted octanol–water partition coefficient (Wildman–Crippen LogP) is 4.53. The molecule has 0 saturated heterocycles. The van der Waals surface area contributed by atoms with Gasteiger partial charge < -0.3 is 0 Å². The first-order chi connectivity index (χ1) is 8.92. The van der Waals surface area contributed by atoms with Gasteiger partial charge in [-0.05, 0) is 18.1 Å². The molecule has 0 fully saturated rings. The molecule has 1 aromatic rings. The van der Waals surface area contributed by atoms with E-state index in [1.165, 1.54) is 30.5 Å². The van der Waals surface area contributed by atoms with Crippen LogP contribution in [0.25, 0.3) is 0 Å². The van der Waals surface area contributed by atoms with Crippen molar-refractivity contribution in [2.45, 2.75) is 32.1 Å². The SMILES string of the molecule is CCCCCN=C1C=CC=CC1c1ccccc1. The molecule has 1 heteroatoms. The molecule has 0 aromatic heterocycles. The zero-order valence-corrected chi connectivity index (χ0v) is 11.0. The molecule has 1 nitrogen and oxygen atoms in total. The summed E-state index contributed by atoms with van der Waals surface area (Å²) in [6, 6.07) is 10.6. The smallest absolute Gasteiger partial charge is 0.0461 e. The Bertz CT molecular complexity index is 440. The Morgan fingerprint density at radius 2 is 1.89 bits per heavy atom. The second kappa shape index (κ2) is 6.95. The van der Waals surface area contributed by atoms with Crippen molar-refractivity contribution in [1.82, 2.24) is 0 Å². The lowest BCUT2D eigenvalue weighted by Gasteiger charge is -2.16. The topological polar surface area (TPSA) is 12.4 Å². The van der Waals surface area contributed by atoms with E-state index in [0.717, 1.165) is 6.54 Å². The van der Waals surface area contributed by atoms with E-state index in [9.17, 15) is 0 Å². The number of unbranched alkanes of at least 4 members (excludes halogenated alkanes) is 2. The Balaban J connectivity index is 2.08. The fourth-order valence-electron chi connectivity index (χ4n) is 2.19. The van der Waals surface area contributed by atoms with Crippen molar-refractivity contribution in [3.63, 3.8) is 0 Å². The second-order valence-electron chi connectivity index (χ2n) is 4.65. The van der Waals surface area contributed by atoms with Crippen LogP contribution in [-0.4, -0.2) is 12.3 Å². The van der Waals surface area contributed by atoms with Gasteiger partial charge >= 0.3 is 0 Å². The third-order valence-corrected chi connectivity index (χ3v) is 3.22. The summed E-state index contributed by atoms with van der Waals surface area (Å²) in [5.74, 6) is 0.331. The minimum atomic E-state index is 0.331. The molecule has 1 atom stereocenters. The van der Waals surface area contributed by atoms with Gasteiger partial charge in [-0.3, -0.25) is 4.99 Å². The van der Waals surface area contributed by atoms with Gasteiger partial charge in [0, 0.05) is 18.2 Å². The molecule has 1 aliphatic carbocycles. The van der Waals surface area contributed by atoms with Gasteiger partial charge in [0.05, 0.1) is 0 Å². The number of nitrogens with zero attached hydrogens (tertiary/aromatic N) is 1. The van der Waals surface area contributed by atoms with Crippen molar-refractivity contribution in [3.05, 3.63) is 60.2 Å². The van der Waals surface area contributed by atoms with E-state index in [-0.39, 0.29) is 0 Å². The molecule has 0 aliphatic heterocycles. The van der Waals surface area contributed by atoms with Gasteiger partial charge in [0.15, 0.2) is 0 Å². The lowest BCUT2D eigenvalue weighted by atomic mass is 9.91. The van der Waals surface area contributed by atoms with Crippen LogP contribution in [0.15, 0.2) is 59.6 Å². The minimum absolute atomic E-state index is 0.331. The van der Waals surface area contributed by atoms with Gasteiger partial charge in [0.25, 0.3) is 0 Å². The average molecular weight is 239 g/mol. The molecule has 0 saturated carbocycles. The zero-order chi connectivity index (χ0) is 12.6. The number of hydrogen-bond donors (Lipinski definition) is 0. The molecule has 0 bridgehead atoms. The van der Waals surface area contributed by atoms with E-state index >= 15 is 0 Å². The van der Waals surface area contributed by atoms with Crippen molar-refractivity contribution < 1.29 is 0 Å². The molecule has 0 amide bonds. The van der Waals surface area contributed by atoms with Gasteiger partial charge in [0.1, 0.15) is 0 Å². The lowest BCUT2D eigenvalue weighted by molar-refractivity contribution is 0.727. The molecule has 0 heterocycles. The standard InChI is InChI=1S/C17H21N/c1-2-3-9-14-18-17-13-8-7-12-16(17)15-10-5-4-6-11-15/h4-8,10-13,16H,2-3,9,14H2,1H3. The lowest BCUT2D eigenvalue weighted by Crippen LogP contribution is -2.11. The predicted molar refractivity (Wildman–Crippen MR) is 79.3 cm³/mol. The molecule has 2 rings (SSSR count). The van der Waals surface area contributed by atoms with Crippen LogP contribution in [0, 0.1) is 0 Å². The summed E-state index contributed by atoms with van der Waals surface area (Å²) in [6.45, 7) is 3.17. The largest absolute Gasteiger partial charge is 0.289 e. The van der Waals surface area contributed by atoms with E-state index in [2.05, 4.69) is 61.6 Å². The maximum atomic E-state index is 4.76. The number of allylic oxidation sites excluding steroid dienone is 4. The molecule has 0 spiro atoms.